The van der Waals surface area contributed by atoms with Gasteiger partial charge in [-0.1, -0.05) is 24.8 Å². The summed E-state index contributed by atoms with van der Waals surface area (Å²) in [5.41, 5.74) is 7.19. The topological polar surface area (TPSA) is 32.5 Å². The van der Waals surface area contributed by atoms with Crippen LogP contribution in [-0.2, 0) is 6.54 Å². The summed E-state index contributed by atoms with van der Waals surface area (Å²) < 4.78 is 13.4. The number of hydrogen-bond acceptors (Lipinski definition) is 3. The van der Waals surface area contributed by atoms with Crippen molar-refractivity contribution in [1.82, 2.24) is 9.80 Å². The molecule has 3 nitrogen and oxygen atoms in total. The minimum atomic E-state index is -0.260. The van der Waals surface area contributed by atoms with Crippen LogP contribution in [0.15, 0.2) is 18.2 Å². The van der Waals surface area contributed by atoms with Crippen molar-refractivity contribution < 1.29 is 4.39 Å². The highest BCUT2D eigenvalue weighted by molar-refractivity contribution is 5.42. The van der Waals surface area contributed by atoms with Gasteiger partial charge in [0.1, 0.15) is 5.82 Å². The molecule has 0 bridgehead atoms. The predicted octanol–water partition coefficient (Wildman–Crippen LogP) is 1.91. The normalized spacial score (nSPS) is 12.4. The van der Waals surface area contributed by atoms with E-state index in [0.29, 0.717) is 6.04 Å². The predicted molar refractivity (Wildman–Crippen MR) is 86.4 cm³/mol. The highest BCUT2D eigenvalue weighted by Gasteiger charge is 2.15. The maximum Gasteiger partial charge on any atom is 0.124 e. The van der Waals surface area contributed by atoms with E-state index in [9.17, 15) is 4.39 Å². The van der Waals surface area contributed by atoms with E-state index in [-0.39, 0.29) is 12.4 Å². The van der Waals surface area contributed by atoms with Crippen molar-refractivity contribution in [2.45, 2.75) is 26.4 Å². The van der Waals surface area contributed by atoms with Crippen LogP contribution in [0, 0.1) is 17.7 Å². The van der Waals surface area contributed by atoms with E-state index in [1.807, 2.05) is 6.07 Å². The quantitative estimate of drug-likeness (QED) is 0.813. The Morgan fingerprint density at radius 2 is 2.05 bits per heavy atom. The van der Waals surface area contributed by atoms with Gasteiger partial charge < -0.3 is 10.6 Å². The summed E-state index contributed by atoms with van der Waals surface area (Å²) in [7, 11) is 4.14. The Morgan fingerprint density at radius 1 is 1.33 bits per heavy atom. The Bertz CT molecular complexity index is 502. The maximum absolute atomic E-state index is 13.4. The lowest BCUT2D eigenvalue weighted by atomic mass is 10.1. The largest absolute Gasteiger partial charge is 0.320 e. The van der Waals surface area contributed by atoms with Crippen molar-refractivity contribution in [2.75, 3.05) is 33.7 Å². The molecule has 1 unspecified atom stereocenters. The van der Waals surface area contributed by atoms with Gasteiger partial charge in [0.2, 0.25) is 0 Å². The molecule has 0 amide bonds. The van der Waals surface area contributed by atoms with Gasteiger partial charge in [0.25, 0.3) is 0 Å². The van der Waals surface area contributed by atoms with E-state index in [2.05, 4.69) is 49.6 Å². The summed E-state index contributed by atoms with van der Waals surface area (Å²) in [6, 6.07) is 5.22. The molecule has 1 aromatic rings. The first-order valence-electron chi connectivity index (χ1n) is 7.34. The minimum absolute atomic E-state index is 0.260. The van der Waals surface area contributed by atoms with Crippen LogP contribution < -0.4 is 5.73 Å². The highest BCUT2D eigenvalue weighted by atomic mass is 19.1. The molecule has 0 aliphatic rings. The van der Waals surface area contributed by atoms with Crippen LogP contribution in [0.1, 0.15) is 25.0 Å². The third-order valence-corrected chi connectivity index (χ3v) is 3.43. The van der Waals surface area contributed by atoms with Crippen molar-refractivity contribution in [2.24, 2.45) is 5.73 Å². The molecule has 0 saturated heterocycles. The number of nitrogens with two attached hydrogens (primary N) is 1. The van der Waals surface area contributed by atoms with Crippen LogP contribution in [0.25, 0.3) is 0 Å². The van der Waals surface area contributed by atoms with Crippen molar-refractivity contribution in [3.05, 3.63) is 35.1 Å². The van der Waals surface area contributed by atoms with E-state index in [1.54, 1.807) is 0 Å². The average Bonchev–Trinajstić information content (AvgIpc) is 2.43. The van der Waals surface area contributed by atoms with E-state index in [1.165, 1.54) is 12.1 Å². The highest BCUT2D eigenvalue weighted by Crippen LogP contribution is 2.15. The fraction of sp³-hybridized carbons (Fsp3) is 0.529. The van der Waals surface area contributed by atoms with Gasteiger partial charge in [-0.25, -0.2) is 4.39 Å². The molecule has 0 radical (unpaired) electrons. The van der Waals surface area contributed by atoms with Gasteiger partial charge >= 0.3 is 0 Å². The molecule has 0 saturated carbocycles. The lowest BCUT2D eigenvalue weighted by Gasteiger charge is -2.30. The maximum atomic E-state index is 13.4. The molecule has 21 heavy (non-hydrogen) atoms. The summed E-state index contributed by atoms with van der Waals surface area (Å²) in [5.74, 6) is 5.52. The second kappa shape index (κ2) is 8.78. The average molecular weight is 291 g/mol. The van der Waals surface area contributed by atoms with E-state index >= 15 is 0 Å². The molecule has 1 rings (SSSR count). The zero-order valence-electron chi connectivity index (χ0n) is 13.5. The molecule has 0 aliphatic carbocycles. The van der Waals surface area contributed by atoms with Gasteiger partial charge in [-0.3, -0.25) is 4.90 Å². The van der Waals surface area contributed by atoms with Gasteiger partial charge in [0, 0.05) is 24.7 Å². The Balaban J connectivity index is 2.93. The zero-order chi connectivity index (χ0) is 15.8. The van der Waals surface area contributed by atoms with Crippen LogP contribution in [0.3, 0.4) is 0 Å². The molecule has 2 N–H and O–H groups in total. The standard InChI is InChI=1S/C17H26FN3/c1-5-21(14(2)12-20(3)4)13-16-8-9-17(18)11-15(16)7-6-10-19/h8-9,11,14H,5,10,12-13,19H2,1-4H3. The van der Waals surface area contributed by atoms with E-state index in [4.69, 9.17) is 5.73 Å². The molecule has 4 heteroatoms. The van der Waals surface area contributed by atoms with Crippen molar-refractivity contribution in [3.8, 4) is 11.8 Å². The minimum Gasteiger partial charge on any atom is -0.320 e. The second-order valence-corrected chi connectivity index (χ2v) is 5.48. The monoisotopic (exact) mass is 291 g/mol. The zero-order valence-corrected chi connectivity index (χ0v) is 13.5. The third kappa shape index (κ3) is 5.84. The van der Waals surface area contributed by atoms with E-state index in [0.717, 1.165) is 30.8 Å². The molecular formula is C17H26FN3. The van der Waals surface area contributed by atoms with Crippen LogP contribution in [0.5, 0.6) is 0 Å². The molecule has 1 aromatic carbocycles. The van der Waals surface area contributed by atoms with Crippen molar-refractivity contribution in [1.29, 1.82) is 0 Å². The Labute approximate surface area is 127 Å². The first kappa shape index (κ1) is 17.6. The lowest BCUT2D eigenvalue weighted by molar-refractivity contribution is 0.174. The lowest BCUT2D eigenvalue weighted by Crippen LogP contribution is -2.39. The fourth-order valence-electron chi connectivity index (χ4n) is 2.39. The number of halogens is 1. The van der Waals surface area contributed by atoms with Crippen molar-refractivity contribution in [3.63, 3.8) is 0 Å². The van der Waals surface area contributed by atoms with Gasteiger partial charge in [-0.15, -0.1) is 0 Å². The summed E-state index contributed by atoms with van der Waals surface area (Å²) in [5, 5.41) is 0. The molecule has 0 aromatic heterocycles. The van der Waals surface area contributed by atoms with Crippen LogP contribution in [-0.4, -0.2) is 49.6 Å². The first-order valence-corrected chi connectivity index (χ1v) is 7.34. The fourth-order valence-corrected chi connectivity index (χ4v) is 2.39. The number of hydrogen-bond donors (Lipinski definition) is 1. The molecule has 0 fully saturated rings. The number of nitrogens with zero attached hydrogens (tertiary/aromatic N) is 2. The molecule has 1 atom stereocenters. The molecule has 0 heterocycles. The van der Waals surface area contributed by atoms with Crippen LogP contribution in [0.2, 0.25) is 0 Å². The molecule has 0 aliphatic heterocycles. The Hall–Kier alpha value is -1.41. The van der Waals surface area contributed by atoms with Crippen LogP contribution in [0.4, 0.5) is 4.39 Å². The second-order valence-electron chi connectivity index (χ2n) is 5.48. The smallest absolute Gasteiger partial charge is 0.124 e. The number of likely N-dealkylation sites (N-methyl/N-ethyl adjacent to an activating group) is 2. The van der Waals surface area contributed by atoms with Crippen molar-refractivity contribution >= 4 is 0 Å². The van der Waals surface area contributed by atoms with Crippen LogP contribution >= 0.6 is 0 Å². The van der Waals surface area contributed by atoms with Gasteiger partial charge in [-0.05, 0) is 45.3 Å². The Kier molecular flexibility index (Phi) is 7.38. The summed E-state index contributed by atoms with van der Waals surface area (Å²) in [6.07, 6.45) is 0. The third-order valence-electron chi connectivity index (χ3n) is 3.43. The van der Waals surface area contributed by atoms with Gasteiger partial charge in [0.15, 0.2) is 0 Å². The summed E-state index contributed by atoms with van der Waals surface area (Å²) >= 11 is 0. The molecular weight excluding hydrogens is 265 g/mol. The van der Waals surface area contributed by atoms with Gasteiger partial charge in [0.05, 0.1) is 6.54 Å². The molecule has 116 valence electrons. The SMILES string of the molecule is CCN(Cc1ccc(F)cc1C#CCN)C(C)CN(C)C. The summed E-state index contributed by atoms with van der Waals surface area (Å²) in [4.78, 5) is 4.54. The van der Waals surface area contributed by atoms with Gasteiger partial charge in [-0.2, -0.15) is 0 Å². The summed E-state index contributed by atoms with van der Waals surface area (Å²) in [6.45, 7) is 7.32. The Morgan fingerprint density at radius 3 is 2.62 bits per heavy atom. The molecule has 0 spiro atoms. The number of benzene rings is 1. The van der Waals surface area contributed by atoms with E-state index < -0.39 is 0 Å². The first-order chi connectivity index (χ1) is 9.97. The number of rotatable bonds is 6.